The molecule has 0 atom stereocenters. The molecule has 102 valence electrons. The Hall–Kier alpha value is -0.570. The second kappa shape index (κ2) is 5.38. The largest absolute Gasteiger partial charge is 0.355 e. The van der Waals surface area contributed by atoms with Crippen molar-refractivity contribution in [2.75, 3.05) is 13.1 Å². The summed E-state index contributed by atoms with van der Waals surface area (Å²) in [5.74, 6) is 0.0975. The summed E-state index contributed by atoms with van der Waals surface area (Å²) in [5.41, 5.74) is 5.39. The first-order chi connectivity index (χ1) is 7.44. The second-order valence-electron chi connectivity index (χ2n) is 7.24. The highest BCUT2D eigenvalue weighted by Crippen LogP contribution is 2.37. The van der Waals surface area contributed by atoms with Gasteiger partial charge in [-0.1, -0.05) is 48.5 Å². The lowest BCUT2D eigenvalue weighted by atomic mass is 9.69. The van der Waals surface area contributed by atoms with Gasteiger partial charge in [0, 0.05) is 12.0 Å². The highest BCUT2D eigenvalue weighted by molar-refractivity contribution is 5.81. The fourth-order valence-electron chi connectivity index (χ4n) is 1.28. The first-order valence-corrected chi connectivity index (χ1v) is 6.42. The molecule has 3 nitrogen and oxygen atoms in total. The van der Waals surface area contributed by atoms with Crippen LogP contribution in [-0.2, 0) is 4.79 Å². The molecule has 0 heterocycles. The first kappa shape index (κ1) is 16.4. The van der Waals surface area contributed by atoms with Crippen molar-refractivity contribution in [2.45, 2.75) is 54.9 Å². The molecule has 0 aliphatic heterocycles. The number of nitrogens with two attached hydrogens (primary N) is 1. The predicted molar refractivity (Wildman–Crippen MR) is 73.7 cm³/mol. The molecule has 0 bridgehead atoms. The number of carbonyl (C=O) groups excluding carboxylic acids is 1. The average molecular weight is 242 g/mol. The monoisotopic (exact) mass is 242 g/mol. The van der Waals surface area contributed by atoms with Crippen LogP contribution in [0.4, 0.5) is 0 Å². The molecule has 0 fully saturated rings. The van der Waals surface area contributed by atoms with E-state index in [1.54, 1.807) is 0 Å². The van der Waals surface area contributed by atoms with Crippen LogP contribution in [0.5, 0.6) is 0 Å². The summed E-state index contributed by atoms with van der Waals surface area (Å²) < 4.78 is 0. The Morgan fingerprint density at radius 1 is 1.06 bits per heavy atom. The maximum atomic E-state index is 12.1. The van der Waals surface area contributed by atoms with Gasteiger partial charge in [-0.2, -0.15) is 0 Å². The minimum Gasteiger partial charge on any atom is -0.355 e. The lowest BCUT2D eigenvalue weighted by molar-refractivity contribution is -0.130. The standard InChI is InChI=1S/C14H30N2O/c1-12(2,3)14(6,7)10-16-11(17)13(4,5)8-9-15/h8-10,15H2,1-7H3,(H,16,17). The Morgan fingerprint density at radius 3 is 1.88 bits per heavy atom. The molecule has 0 aliphatic carbocycles. The van der Waals surface area contributed by atoms with Gasteiger partial charge in [-0.25, -0.2) is 0 Å². The summed E-state index contributed by atoms with van der Waals surface area (Å²) in [6, 6.07) is 0. The third kappa shape index (κ3) is 4.66. The van der Waals surface area contributed by atoms with Crippen LogP contribution >= 0.6 is 0 Å². The van der Waals surface area contributed by atoms with E-state index in [1.807, 2.05) is 13.8 Å². The van der Waals surface area contributed by atoms with Gasteiger partial charge in [0.1, 0.15) is 0 Å². The summed E-state index contributed by atoms with van der Waals surface area (Å²) in [7, 11) is 0. The maximum absolute atomic E-state index is 12.1. The van der Waals surface area contributed by atoms with Crippen LogP contribution in [0, 0.1) is 16.2 Å². The molecule has 0 spiro atoms. The van der Waals surface area contributed by atoms with Gasteiger partial charge >= 0.3 is 0 Å². The molecule has 0 unspecified atom stereocenters. The molecule has 0 rings (SSSR count). The molecule has 0 saturated heterocycles. The Kier molecular flexibility index (Phi) is 5.20. The van der Waals surface area contributed by atoms with Crippen LogP contribution in [-0.4, -0.2) is 19.0 Å². The molecule has 0 aliphatic rings. The van der Waals surface area contributed by atoms with Gasteiger partial charge in [-0.05, 0) is 23.8 Å². The first-order valence-electron chi connectivity index (χ1n) is 6.42. The van der Waals surface area contributed by atoms with E-state index in [4.69, 9.17) is 5.73 Å². The minimum absolute atomic E-state index is 0.0709. The summed E-state index contributed by atoms with van der Waals surface area (Å²) in [6.07, 6.45) is 0.717. The molecule has 17 heavy (non-hydrogen) atoms. The number of carbonyl (C=O) groups is 1. The number of hydrogen-bond donors (Lipinski definition) is 2. The molecule has 0 aromatic heterocycles. The quantitative estimate of drug-likeness (QED) is 0.778. The zero-order valence-electron chi connectivity index (χ0n) is 12.6. The van der Waals surface area contributed by atoms with Crippen molar-refractivity contribution in [1.82, 2.24) is 5.32 Å². The summed E-state index contributed by atoms with van der Waals surface area (Å²) in [5, 5.41) is 3.06. The van der Waals surface area contributed by atoms with Gasteiger partial charge in [0.05, 0.1) is 0 Å². The van der Waals surface area contributed by atoms with Gasteiger partial charge in [0.2, 0.25) is 5.91 Å². The highest BCUT2D eigenvalue weighted by Gasteiger charge is 2.34. The Labute approximate surface area is 107 Å². The number of nitrogens with one attached hydrogen (secondary N) is 1. The summed E-state index contributed by atoms with van der Waals surface area (Å²) in [6.45, 7) is 16.1. The average Bonchev–Trinajstić information content (AvgIpc) is 2.12. The topological polar surface area (TPSA) is 55.1 Å². The highest BCUT2D eigenvalue weighted by atomic mass is 16.2. The van der Waals surface area contributed by atoms with Crippen LogP contribution < -0.4 is 11.1 Å². The lowest BCUT2D eigenvalue weighted by Crippen LogP contribution is -2.46. The van der Waals surface area contributed by atoms with Crippen molar-refractivity contribution in [1.29, 1.82) is 0 Å². The van der Waals surface area contributed by atoms with Crippen LogP contribution in [0.15, 0.2) is 0 Å². The molecule has 0 radical (unpaired) electrons. The second-order valence-corrected chi connectivity index (χ2v) is 7.24. The molecule has 3 heteroatoms. The lowest BCUT2D eigenvalue weighted by Gasteiger charge is -2.39. The minimum atomic E-state index is -0.372. The number of amides is 1. The molecule has 3 N–H and O–H groups in total. The van der Waals surface area contributed by atoms with Crippen molar-refractivity contribution in [2.24, 2.45) is 22.0 Å². The predicted octanol–water partition coefficient (Wildman–Crippen LogP) is 2.55. The van der Waals surface area contributed by atoms with E-state index >= 15 is 0 Å². The van der Waals surface area contributed by atoms with Gasteiger partial charge in [0.25, 0.3) is 0 Å². The van der Waals surface area contributed by atoms with Crippen LogP contribution in [0.2, 0.25) is 0 Å². The fourth-order valence-corrected chi connectivity index (χ4v) is 1.28. The maximum Gasteiger partial charge on any atom is 0.225 e. The Bertz CT molecular complexity index is 262. The van der Waals surface area contributed by atoms with E-state index in [-0.39, 0.29) is 22.2 Å². The van der Waals surface area contributed by atoms with E-state index < -0.39 is 0 Å². The van der Waals surface area contributed by atoms with E-state index in [0.29, 0.717) is 13.1 Å². The zero-order valence-corrected chi connectivity index (χ0v) is 12.6. The van der Waals surface area contributed by atoms with Crippen LogP contribution in [0.25, 0.3) is 0 Å². The van der Waals surface area contributed by atoms with E-state index in [0.717, 1.165) is 6.42 Å². The van der Waals surface area contributed by atoms with Crippen molar-refractivity contribution in [3.05, 3.63) is 0 Å². The normalized spacial score (nSPS) is 13.6. The third-order valence-electron chi connectivity index (χ3n) is 4.11. The number of rotatable bonds is 5. The molecule has 0 aromatic rings. The van der Waals surface area contributed by atoms with Gasteiger partial charge in [0.15, 0.2) is 0 Å². The third-order valence-corrected chi connectivity index (χ3v) is 4.11. The fraction of sp³-hybridized carbons (Fsp3) is 0.929. The molecule has 1 amide bonds. The van der Waals surface area contributed by atoms with E-state index in [9.17, 15) is 4.79 Å². The van der Waals surface area contributed by atoms with Gasteiger partial charge in [-0.3, -0.25) is 4.79 Å². The van der Waals surface area contributed by atoms with Crippen molar-refractivity contribution < 1.29 is 4.79 Å². The number of hydrogen-bond acceptors (Lipinski definition) is 2. The van der Waals surface area contributed by atoms with E-state index in [2.05, 4.69) is 39.9 Å². The smallest absolute Gasteiger partial charge is 0.225 e. The van der Waals surface area contributed by atoms with E-state index in [1.165, 1.54) is 0 Å². The Balaban J connectivity index is 4.45. The summed E-state index contributed by atoms with van der Waals surface area (Å²) >= 11 is 0. The molecule has 0 aromatic carbocycles. The van der Waals surface area contributed by atoms with Crippen molar-refractivity contribution in [3.8, 4) is 0 Å². The van der Waals surface area contributed by atoms with Crippen molar-refractivity contribution in [3.63, 3.8) is 0 Å². The van der Waals surface area contributed by atoms with Gasteiger partial charge < -0.3 is 11.1 Å². The van der Waals surface area contributed by atoms with Crippen molar-refractivity contribution >= 4 is 5.91 Å². The summed E-state index contributed by atoms with van der Waals surface area (Å²) in [4.78, 5) is 12.1. The van der Waals surface area contributed by atoms with Gasteiger partial charge in [-0.15, -0.1) is 0 Å². The Morgan fingerprint density at radius 2 is 1.53 bits per heavy atom. The van der Waals surface area contributed by atoms with Crippen LogP contribution in [0.1, 0.15) is 54.9 Å². The molecule has 0 saturated carbocycles. The molecular formula is C14H30N2O. The zero-order chi connectivity index (χ0) is 13.9. The molecular weight excluding hydrogens is 212 g/mol. The van der Waals surface area contributed by atoms with Crippen LogP contribution in [0.3, 0.4) is 0 Å². The SMILES string of the molecule is CC(C)(CCN)C(=O)NCC(C)(C)C(C)(C)C.